The number of hydrogen-bond acceptors (Lipinski definition) is 3. The van der Waals surface area contributed by atoms with Crippen LogP contribution in [0.25, 0.3) is 0 Å². The lowest BCUT2D eigenvalue weighted by Gasteiger charge is -2.31. The van der Waals surface area contributed by atoms with Crippen LogP contribution in [0.5, 0.6) is 0 Å². The van der Waals surface area contributed by atoms with Crippen molar-refractivity contribution in [1.82, 2.24) is 5.32 Å². The van der Waals surface area contributed by atoms with E-state index in [9.17, 15) is 5.11 Å². The Morgan fingerprint density at radius 2 is 2.00 bits per heavy atom. The normalized spacial score (nSPS) is 23.8. The number of aryl methyl sites for hydroxylation is 1. The zero-order valence-electron chi connectivity index (χ0n) is 11.6. The highest BCUT2D eigenvalue weighted by Crippen LogP contribution is 2.20. The van der Waals surface area contributed by atoms with E-state index < -0.39 is 0 Å². The van der Waals surface area contributed by atoms with Gasteiger partial charge < -0.3 is 15.3 Å². The summed E-state index contributed by atoms with van der Waals surface area (Å²) >= 11 is 0. The van der Waals surface area contributed by atoms with Gasteiger partial charge >= 0.3 is 0 Å². The maximum absolute atomic E-state index is 9.95. The lowest BCUT2D eigenvalue weighted by Crippen LogP contribution is -2.46. The van der Waals surface area contributed by atoms with Crippen LogP contribution < -0.4 is 10.2 Å². The standard InChI is InChI=1S/C15H24N2O/c1-4-12-5-7-13(8-6-12)17-10-14(18)9-16-15(2,3)11-17/h5-8,14,16,18H,4,9-11H2,1-3H3. The van der Waals surface area contributed by atoms with Crippen molar-refractivity contribution in [3.05, 3.63) is 29.8 Å². The SMILES string of the molecule is CCc1ccc(N2CC(O)CNC(C)(C)C2)cc1. The summed E-state index contributed by atoms with van der Waals surface area (Å²) in [6.07, 6.45) is 0.758. The largest absolute Gasteiger partial charge is 0.390 e. The summed E-state index contributed by atoms with van der Waals surface area (Å²) in [5.41, 5.74) is 2.58. The van der Waals surface area contributed by atoms with E-state index in [2.05, 4.69) is 55.3 Å². The van der Waals surface area contributed by atoms with Crippen molar-refractivity contribution < 1.29 is 5.11 Å². The molecule has 0 radical (unpaired) electrons. The third kappa shape index (κ3) is 3.24. The second kappa shape index (κ2) is 5.29. The number of rotatable bonds is 2. The molecular formula is C15H24N2O. The average molecular weight is 248 g/mol. The number of nitrogens with zero attached hydrogens (tertiary/aromatic N) is 1. The molecule has 0 aromatic heterocycles. The Bertz CT molecular complexity index is 386. The van der Waals surface area contributed by atoms with Gasteiger partial charge in [-0.1, -0.05) is 19.1 Å². The molecule has 0 aliphatic carbocycles. The molecule has 1 aliphatic rings. The molecule has 2 rings (SSSR count). The van der Waals surface area contributed by atoms with Crippen LogP contribution in [0.15, 0.2) is 24.3 Å². The Morgan fingerprint density at radius 1 is 1.33 bits per heavy atom. The van der Waals surface area contributed by atoms with Gasteiger partial charge in [0.15, 0.2) is 0 Å². The lowest BCUT2D eigenvalue weighted by atomic mass is 10.0. The number of β-amino-alcohol motifs (C(OH)–C–C–N with tert-alkyl or cyclic N) is 1. The summed E-state index contributed by atoms with van der Waals surface area (Å²) in [5.74, 6) is 0. The highest BCUT2D eigenvalue weighted by atomic mass is 16.3. The van der Waals surface area contributed by atoms with E-state index in [1.54, 1.807) is 0 Å². The molecule has 1 aliphatic heterocycles. The Labute approximate surface area is 110 Å². The highest BCUT2D eigenvalue weighted by Gasteiger charge is 2.27. The van der Waals surface area contributed by atoms with Crippen molar-refractivity contribution in [2.24, 2.45) is 0 Å². The van der Waals surface area contributed by atoms with Gasteiger partial charge in [-0.15, -0.1) is 0 Å². The fourth-order valence-corrected chi connectivity index (χ4v) is 2.45. The molecule has 0 saturated carbocycles. The highest BCUT2D eigenvalue weighted by molar-refractivity contribution is 5.48. The zero-order chi connectivity index (χ0) is 13.2. The van der Waals surface area contributed by atoms with Gasteiger partial charge in [0.25, 0.3) is 0 Å². The Balaban J connectivity index is 2.18. The van der Waals surface area contributed by atoms with Crippen LogP contribution in [-0.2, 0) is 6.42 Å². The molecule has 1 heterocycles. The summed E-state index contributed by atoms with van der Waals surface area (Å²) < 4.78 is 0. The number of nitrogens with one attached hydrogen (secondary N) is 1. The molecule has 0 spiro atoms. The first-order valence-corrected chi connectivity index (χ1v) is 6.77. The maximum Gasteiger partial charge on any atom is 0.0839 e. The molecule has 1 aromatic carbocycles. The minimum atomic E-state index is -0.308. The number of benzene rings is 1. The predicted molar refractivity (Wildman–Crippen MR) is 76.1 cm³/mol. The van der Waals surface area contributed by atoms with Crippen LogP contribution in [0.1, 0.15) is 26.3 Å². The molecule has 2 N–H and O–H groups in total. The summed E-state index contributed by atoms with van der Waals surface area (Å²) in [7, 11) is 0. The Morgan fingerprint density at radius 3 is 2.61 bits per heavy atom. The number of hydrogen-bond donors (Lipinski definition) is 2. The van der Waals surface area contributed by atoms with Crippen LogP contribution in [0.4, 0.5) is 5.69 Å². The van der Waals surface area contributed by atoms with Gasteiger partial charge in [-0.3, -0.25) is 0 Å². The minimum Gasteiger partial charge on any atom is -0.390 e. The van der Waals surface area contributed by atoms with Crippen molar-refractivity contribution in [3.8, 4) is 0 Å². The molecular weight excluding hydrogens is 224 g/mol. The lowest BCUT2D eigenvalue weighted by molar-refractivity contribution is 0.179. The molecule has 0 amide bonds. The van der Waals surface area contributed by atoms with Gasteiger partial charge in [0.05, 0.1) is 6.10 Å². The van der Waals surface area contributed by atoms with Gasteiger partial charge in [0.2, 0.25) is 0 Å². The summed E-state index contributed by atoms with van der Waals surface area (Å²) in [6.45, 7) is 8.79. The predicted octanol–water partition coefficient (Wildman–Crippen LogP) is 1.80. The van der Waals surface area contributed by atoms with Crippen molar-refractivity contribution in [2.45, 2.75) is 38.8 Å². The minimum absolute atomic E-state index is 0.0287. The first-order valence-electron chi connectivity index (χ1n) is 6.77. The van der Waals surface area contributed by atoms with E-state index >= 15 is 0 Å². The van der Waals surface area contributed by atoms with Gasteiger partial charge in [0.1, 0.15) is 0 Å². The van der Waals surface area contributed by atoms with Crippen molar-refractivity contribution >= 4 is 5.69 Å². The van der Waals surface area contributed by atoms with Crippen molar-refractivity contribution in [2.75, 3.05) is 24.5 Å². The van der Waals surface area contributed by atoms with E-state index in [0.29, 0.717) is 13.1 Å². The van der Waals surface area contributed by atoms with Crippen molar-refractivity contribution in [3.63, 3.8) is 0 Å². The van der Waals surface area contributed by atoms with E-state index in [1.165, 1.54) is 11.3 Å². The molecule has 3 heteroatoms. The van der Waals surface area contributed by atoms with E-state index in [0.717, 1.165) is 13.0 Å². The Hall–Kier alpha value is -1.06. The molecule has 3 nitrogen and oxygen atoms in total. The maximum atomic E-state index is 9.95. The molecule has 0 bridgehead atoms. The summed E-state index contributed by atoms with van der Waals surface area (Å²) in [4.78, 5) is 2.27. The van der Waals surface area contributed by atoms with E-state index in [-0.39, 0.29) is 11.6 Å². The summed E-state index contributed by atoms with van der Waals surface area (Å²) in [5, 5.41) is 13.4. The topological polar surface area (TPSA) is 35.5 Å². The zero-order valence-corrected chi connectivity index (χ0v) is 11.6. The molecule has 100 valence electrons. The van der Waals surface area contributed by atoms with Crippen LogP contribution in [0.3, 0.4) is 0 Å². The quantitative estimate of drug-likeness (QED) is 0.838. The molecule has 1 aromatic rings. The van der Waals surface area contributed by atoms with Gasteiger partial charge in [-0.25, -0.2) is 0 Å². The van der Waals surface area contributed by atoms with Crippen LogP contribution in [0.2, 0.25) is 0 Å². The fourth-order valence-electron chi connectivity index (χ4n) is 2.45. The number of aliphatic hydroxyl groups excluding tert-OH is 1. The van der Waals surface area contributed by atoms with Crippen LogP contribution in [-0.4, -0.2) is 36.4 Å². The first kappa shape index (κ1) is 13.4. The number of anilines is 1. The molecule has 1 atom stereocenters. The van der Waals surface area contributed by atoms with E-state index in [4.69, 9.17) is 0 Å². The molecule has 18 heavy (non-hydrogen) atoms. The first-order chi connectivity index (χ1) is 8.50. The molecule has 1 saturated heterocycles. The van der Waals surface area contributed by atoms with Crippen LogP contribution >= 0.6 is 0 Å². The fraction of sp³-hybridized carbons (Fsp3) is 0.600. The van der Waals surface area contributed by atoms with Crippen molar-refractivity contribution in [1.29, 1.82) is 0 Å². The van der Waals surface area contributed by atoms with Gasteiger partial charge in [-0.2, -0.15) is 0 Å². The van der Waals surface area contributed by atoms with Gasteiger partial charge in [-0.05, 0) is 38.0 Å². The molecule has 1 fully saturated rings. The second-order valence-electron chi connectivity index (χ2n) is 5.82. The van der Waals surface area contributed by atoms with Gasteiger partial charge in [0, 0.05) is 30.9 Å². The van der Waals surface area contributed by atoms with E-state index in [1.807, 2.05) is 0 Å². The monoisotopic (exact) mass is 248 g/mol. The molecule has 1 unspecified atom stereocenters. The average Bonchev–Trinajstić information content (AvgIpc) is 2.48. The third-order valence-electron chi connectivity index (χ3n) is 3.54. The second-order valence-corrected chi connectivity index (χ2v) is 5.82. The summed E-state index contributed by atoms with van der Waals surface area (Å²) in [6, 6.07) is 8.67. The van der Waals surface area contributed by atoms with Crippen LogP contribution in [0, 0.1) is 0 Å². The smallest absolute Gasteiger partial charge is 0.0839 e. The third-order valence-corrected chi connectivity index (χ3v) is 3.54. The number of aliphatic hydroxyl groups is 1. The Kier molecular flexibility index (Phi) is 3.93.